The van der Waals surface area contributed by atoms with Gasteiger partial charge in [0.05, 0.1) is 25.7 Å². The van der Waals surface area contributed by atoms with Crippen molar-refractivity contribution in [3.63, 3.8) is 0 Å². The number of hydrogen-bond donors (Lipinski definition) is 2. The second-order valence-corrected chi connectivity index (χ2v) is 5.82. The predicted molar refractivity (Wildman–Crippen MR) is 75.2 cm³/mol. The normalized spacial score (nSPS) is 11.1. The molecule has 7 heteroatoms. The summed E-state index contributed by atoms with van der Waals surface area (Å²) in [5.41, 5.74) is 5.71. The number of anilines is 1. The molecule has 108 valence electrons. The first-order chi connectivity index (χ1) is 9.02. The summed E-state index contributed by atoms with van der Waals surface area (Å²) >= 11 is 0. The lowest BCUT2D eigenvalue weighted by Gasteiger charge is -2.13. The summed E-state index contributed by atoms with van der Waals surface area (Å²) in [6.45, 7) is 0.484. The van der Waals surface area contributed by atoms with Crippen molar-refractivity contribution >= 4 is 15.7 Å². The zero-order valence-corrected chi connectivity index (χ0v) is 12.0. The Kier molecular flexibility index (Phi) is 5.91. The van der Waals surface area contributed by atoms with Crippen molar-refractivity contribution in [2.24, 2.45) is 5.73 Å². The molecule has 3 N–H and O–H groups in total. The van der Waals surface area contributed by atoms with Gasteiger partial charge in [0.25, 0.3) is 0 Å². The fourth-order valence-corrected chi connectivity index (χ4v) is 2.73. The van der Waals surface area contributed by atoms with Crippen LogP contribution >= 0.6 is 0 Å². The number of nitrogens with one attached hydrogen (secondary N) is 1. The zero-order valence-electron chi connectivity index (χ0n) is 11.2. The van der Waals surface area contributed by atoms with E-state index in [0.717, 1.165) is 0 Å². The third-order valence-corrected chi connectivity index (χ3v) is 3.90. The molecule has 0 fully saturated rings. The number of sulfonamides is 1. The van der Waals surface area contributed by atoms with Gasteiger partial charge in [-0.2, -0.15) is 0 Å². The monoisotopic (exact) mass is 288 g/mol. The van der Waals surface area contributed by atoms with Crippen LogP contribution in [0.25, 0.3) is 0 Å². The summed E-state index contributed by atoms with van der Waals surface area (Å²) in [6.07, 6.45) is 1.20. The van der Waals surface area contributed by atoms with Gasteiger partial charge in [0.15, 0.2) is 0 Å². The lowest BCUT2D eigenvalue weighted by molar-refractivity contribution is 0.405. The van der Waals surface area contributed by atoms with E-state index in [-0.39, 0.29) is 5.75 Å². The summed E-state index contributed by atoms with van der Waals surface area (Å²) in [5, 5.41) is 0. The fraction of sp³-hybridized carbons (Fsp3) is 0.500. The maximum atomic E-state index is 11.9. The minimum Gasteiger partial charge on any atom is -0.497 e. The van der Waals surface area contributed by atoms with Crippen LogP contribution in [0.15, 0.2) is 18.2 Å². The van der Waals surface area contributed by atoms with Crippen molar-refractivity contribution < 1.29 is 17.9 Å². The number of rotatable bonds is 8. The molecule has 6 nitrogen and oxygen atoms in total. The van der Waals surface area contributed by atoms with E-state index in [1.54, 1.807) is 18.2 Å². The number of nitrogens with two attached hydrogens (primary N) is 1. The molecule has 0 unspecified atom stereocenters. The molecular weight excluding hydrogens is 268 g/mol. The van der Waals surface area contributed by atoms with Crippen molar-refractivity contribution in [2.75, 3.05) is 31.2 Å². The first-order valence-corrected chi connectivity index (χ1v) is 7.60. The van der Waals surface area contributed by atoms with Crippen LogP contribution in [0, 0.1) is 0 Å². The summed E-state index contributed by atoms with van der Waals surface area (Å²) in [7, 11) is -0.410. The largest absolute Gasteiger partial charge is 0.497 e. The molecule has 0 aliphatic heterocycles. The van der Waals surface area contributed by atoms with Crippen molar-refractivity contribution in [3.05, 3.63) is 18.2 Å². The van der Waals surface area contributed by atoms with Crippen LogP contribution in [0.5, 0.6) is 11.5 Å². The highest BCUT2D eigenvalue weighted by molar-refractivity contribution is 7.92. The zero-order chi connectivity index (χ0) is 14.3. The van der Waals surface area contributed by atoms with Gasteiger partial charge in [0, 0.05) is 6.07 Å². The second kappa shape index (κ2) is 7.20. The third-order valence-electron chi connectivity index (χ3n) is 2.54. The third kappa shape index (κ3) is 4.96. The highest BCUT2D eigenvalue weighted by Crippen LogP contribution is 2.29. The van der Waals surface area contributed by atoms with Crippen LogP contribution in [-0.2, 0) is 10.0 Å². The number of hydrogen-bond acceptors (Lipinski definition) is 5. The van der Waals surface area contributed by atoms with E-state index in [0.29, 0.717) is 36.6 Å². The molecule has 0 amide bonds. The topological polar surface area (TPSA) is 90.6 Å². The Bertz CT molecular complexity index is 502. The maximum Gasteiger partial charge on any atom is 0.232 e. The van der Waals surface area contributed by atoms with Gasteiger partial charge in [0.1, 0.15) is 11.5 Å². The van der Waals surface area contributed by atoms with E-state index in [1.807, 2.05) is 0 Å². The first kappa shape index (κ1) is 15.6. The first-order valence-electron chi connectivity index (χ1n) is 5.95. The highest BCUT2D eigenvalue weighted by atomic mass is 32.2. The van der Waals surface area contributed by atoms with Crippen LogP contribution < -0.4 is 19.9 Å². The summed E-state index contributed by atoms with van der Waals surface area (Å²) in [5.74, 6) is 1.04. The van der Waals surface area contributed by atoms with Gasteiger partial charge < -0.3 is 15.2 Å². The number of unbranched alkanes of at least 4 members (excludes halogenated alkanes) is 1. The standard InChI is InChI=1S/C12H20N2O4S/c1-17-10-5-6-12(18-2)11(9-10)14-19(15,16)8-4-3-7-13/h5-6,9,14H,3-4,7-8,13H2,1-2H3. The molecule has 0 spiro atoms. The Balaban J connectivity index is 2.84. The lowest BCUT2D eigenvalue weighted by Crippen LogP contribution is -2.18. The average molecular weight is 288 g/mol. The minimum absolute atomic E-state index is 0.0323. The number of methoxy groups -OCH3 is 2. The Morgan fingerprint density at radius 1 is 1.21 bits per heavy atom. The van der Waals surface area contributed by atoms with E-state index in [1.165, 1.54) is 14.2 Å². The van der Waals surface area contributed by atoms with Gasteiger partial charge in [0.2, 0.25) is 10.0 Å². The van der Waals surface area contributed by atoms with Gasteiger partial charge in [-0.05, 0) is 31.5 Å². The van der Waals surface area contributed by atoms with Crippen molar-refractivity contribution in [1.29, 1.82) is 0 Å². The van der Waals surface area contributed by atoms with E-state index >= 15 is 0 Å². The lowest BCUT2D eigenvalue weighted by atomic mass is 10.3. The van der Waals surface area contributed by atoms with E-state index in [2.05, 4.69) is 4.72 Å². The summed E-state index contributed by atoms with van der Waals surface area (Å²) in [6, 6.07) is 4.93. The average Bonchev–Trinajstić information content (AvgIpc) is 2.38. The number of benzene rings is 1. The van der Waals surface area contributed by atoms with Gasteiger partial charge in [-0.15, -0.1) is 0 Å². The number of ether oxygens (including phenoxy) is 2. The molecule has 1 aromatic carbocycles. The predicted octanol–water partition coefficient (Wildman–Crippen LogP) is 1.18. The van der Waals surface area contributed by atoms with Crippen molar-refractivity contribution in [2.45, 2.75) is 12.8 Å². The molecule has 0 radical (unpaired) electrons. The SMILES string of the molecule is COc1ccc(OC)c(NS(=O)(=O)CCCCN)c1. The van der Waals surface area contributed by atoms with Gasteiger partial charge in [-0.25, -0.2) is 8.42 Å². The van der Waals surface area contributed by atoms with Crippen molar-refractivity contribution in [3.8, 4) is 11.5 Å². The molecule has 0 aromatic heterocycles. The molecule has 0 atom stereocenters. The van der Waals surface area contributed by atoms with E-state index in [9.17, 15) is 8.42 Å². The smallest absolute Gasteiger partial charge is 0.232 e. The summed E-state index contributed by atoms with van der Waals surface area (Å²) < 4.78 is 36.5. The molecule has 0 aliphatic carbocycles. The highest BCUT2D eigenvalue weighted by Gasteiger charge is 2.14. The van der Waals surface area contributed by atoms with Gasteiger partial charge >= 0.3 is 0 Å². The molecule has 0 aliphatic rings. The van der Waals surface area contributed by atoms with E-state index in [4.69, 9.17) is 15.2 Å². The molecule has 0 heterocycles. The van der Waals surface area contributed by atoms with Crippen LogP contribution in [0.1, 0.15) is 12.8 Å². The maximum absolute atomic E-state index is 11.9. The van der Waals surface area contributed by atoms with Gasteiger partial charge in [-0.1, -0.05) is 0 Å². The van der Waals surface area contributed by atoms with Crippen LogP contribution in [-0.4, -0.2) is 34.9 Å². The molecule has 0 bridgehead atoms. The van der Waals surface area contributed by atoms with Gasteiger partial charge in [-0.3, -0.25) is 4.72 Å². The molecule has 0 saturated carbocycles. The molecule has 19 heavy (non-hydrogen) atoms. The molecule has 1 aromatic rings. The molecular formula is C12H20N2O4S. The van der Waals surface area contributed by atoms with Crippen LogP contribution in [0.3, 0.4) is 0 Å². The Labute approximate surface area is 113 Å². The Morgan fingerprint density at radius 3 is 2.53 bits per heavy atom. The summed E-state index contributed by atoms with van der Waals surface area (Å²) in [4.78, 5) is 0. The second-order valence-electron chi connectivity index (χ2n) is 3.98. The quantitative estimate of drug-likeness (QED) is 0.701. The minimum atomic E-state index is -3.41. The van der Waals surface area contributed by atoms with Crippen LogP contribution in [0.4, 0.5) is 5.69 Å². The van der Waals surface area contributed by atoms with Crippen LogP contribution in [0.2, 0.25) is 0 Å². The van der Waals surface area contributed by atoms with E-state index < -0.39 is 10.0 Å². The molecule has 1 rings (SSSR count). The Hall–Kier alpha value is -1.47. The Morgan fingerprint density at radius 2 is 1.95 bits per heavy atom. The molecule has 0 saturated heterocycles. The van der Waals surface area contributed by atoms with Crippen molar-refractivity contribution in [1.82, 2.24) is 0 Å². The fourth-order valence-electron chi connectivity index (χ4n) is 1.55.